The molecule has 2 fully saturated rings. The van der Waals surface area contributed by atoms with E-state index >= 15 is 0 Å². The summed E-state index contributed by atoms with van der Waals surface area (Å²) in [7, 11) is 2.10. The zero-order valence-corrected chi connectivity index (χ0v) is 11.9. The van der Waals surface area contributed by atoms with Gasteiger partial charge < -0.3 is 4.74 Å². The van der Waals surface area contributed by atoms with E-state index < -0.39 is 0 Å². The number of Topliss-reactive ketones (excluding diaryl/α,β-unsaturated/α-hetero) is 1. The molecular formula is C16H20FNO2. The molecule has 0 spiro atoms. The lowest BCUT2D eigenvalue weighted by Crippen LogP contribution is -2.55. The van der Waals surface area contributed by atoms with Gasteiger partial charge in [-0.05, 0) is 44.5 Å². The molecule has 2 aliphatic heterocycles. The number of ether oxygens (including phenoxy) is 1. The van der Waals surface area contributed by atoms with E-state index in [4.69, 9.17) is 4.74 Å². The maximum Gasteiger partial charge on any atom is 0.166 e. The number of carbonyl (C=O) groups is 1. The van der Waals surface area contributed by atoms with Crippen molar-refractivity contribution in [1.29, 1.82) is 0 Å². The van der Waals surface area contributed by atoms with E-state index in [9.17, 15) is 9.18 Å². The summed E-state index contributed by atoms with van der Waals surface area (Å²) in [6.45, 7) is 3.25. The third-order valence-corrected chi connectivity index (χ3v) is 4.72. The van der Waals surface area contributed by atoms with Crippen molar-refractivity contribution in [3.05, 3.63) is 35.1 Å². The SMILES string of the molecule is Cc1ccc(F)cc1C(=O)C1CC2COCC(C1)N2C. The Kier molecular flexibility index (Phi) is 3.61. The molecule has 3 nitrogen and oxygen atoms in total. The molecule has 108 valence electrons. The van der Waals surface area contributed by atoms with Gasteiger partial charge in [-0.1, -0.05) is 6.07 Å². The summed E-state index contributed by atoms with van der Waals surface area (Å²) in [6.07, 6.45) is 1.61. The molecule has 0 amide bonds. The number of hydrogen-bond acceptors (Lipinski definition) is 3. The maximum absolute atomic E-state index is 13.4. The number of rotatable bonds is 2. The first-order valence-electron chi connectivity index (χ1n) is 7.16. The molecule has 0 aliphatic carbocycles. The van der Waals surface area contributed by atoms with Crippen LogP contribution < -0.4 is 0 Å². The lowest BCUT2D eigenvalue weighted by Gasteiger charge is -2.46. The summed E-state index contributed by atoms with van der Waals surface area (Å²) in [5, 5.41) is 0. The number of halogens is 1. The van der Waals surface area contributed by atoms with Crippen LogP contribution in [0.1, 0.15) is 28.8 Å². The molecule has 2 aliphatic rings. The highest BCUT2D eigenvalue weighted by molar-refractivity contribution is 5.99. The second-order valence-corrected chi connectivity index (χ2v) is 6.00. The Bertz CT molecular complexity index is 517. The normalized spacial score (nSPS) is 30.2. The van der Waals surface area contributed by atoms with Gasteiger partial charge in [0.05, 0.1) is 13.2 Å². The molecule has 0 radical (unpaired) electrons. The quantitative estimate of drug-likeness (QED) is 0.778. The lowest BCUT2D eigenvalue weighted by molar-refractivity contribution is -0.0702. The minimum absolute atomic E-state index is 0.00870. The summed E-state index contributed by atoms with van der Waals surface area (Å²) in [6, 6.07) is 5.09. The van der Waals surface area contributed by atoms with E-state index in [1.165, 1.54) is 12.1 Å². The van der Waals surface area contributed by atoms with Crippen LogP contribution in [0.3, 0.4) is 0 Å². The van der Waals surface area contributed by atoms with Crippen LogP contribution in [0.25, 0.3) is 0 Å². The van der Waals surface area contributed by atoms with Gasteiger partial charge in [-0.3, -0.25) is 9.69 Å². The molecule has 0 aromatic heterocycles. The highest BCUT2D eigenvalue weighted by atomic mass is 19.1. The largest absolute Gasteiger partial charge is 0.378 e. The van der Waals surface area contributed by atoms with Gasteiger partial charge in [-0.15, -0.1) is 0 Å². The van der Waals surface area contributed by atoms with E-state index in [0.717, 1.165) is 18.4 Å². The molecule has 2 unspecified atom stereocenters. The van der Waals surface area contributed by atoms with Gasteiger partial charge in [0.15, 0.2) is 5.78 Å². The Morgan fingerprint density at radius 3 is 2.60 bits per heavy atom. The predicted molar refractivity (Wildman–Crippen MR) is 74.3 cm³/mol. The number of nitrogens with zero attached hydrogens (tertiary/aromatic N) is 1. The van der Waals surface area contributed by atoms with Crippen molar-refractivity contribution in [3.63, 3.8) is 0 Å². The fraction of sp³-hybridized carbons (Fsp3) is 0.562. The highest BCUT2D eigenvalue weighted by Crippen LogP contribution is 2.32. The van der Waals surface area contributed by atoms with Crippen LogP contribution in [0.2, 0.25) is 0 Å². The van der Waals surface area contributed by atoms with Crippen molar-refractivity contribution in [3.8, 4) is 0 Å². The number of ketones is 1. The molecule has 2 saturated heterocycles. The van der Waals surface area contributed by atoms with Gasteiger partial charge in [0.25, 0.3) is 0 Å². The minimum Gasteiger partial charge on any atom is -0.378 e. The first-order chi connectivity index (χ1) is 9.56. The number of piperidine rings is 1. The molecule has 0 N–H and O–H groups in total. The van der Waals surface area contributed by atoms with Crippen LogP contribution in [0, 0.1) is 18.7 Å². The van der Waals surface area contributed by atoms with Crippen LogP contribution in [0.5, 0.6) is 0 Å². The van der Waals surface area contributed by atoms with Gasteiger partial charge in [0.2, 0.25) is 0 Å². The summed E-state index contributed by atoms with van der Waals surface area (Å²) in [5.41, 5.74) is 1.40. The van der Waals surface area contributed by atoms with Crippen molar-refractivity contribution in [2.45, 2.75) is 31.8 Å². The number of carbonyl (C=O) groups excluding carboxylic acids is 1. The number of morpholine rings is 1. The van der Waals surface area contributed by atoms with Crippen LogP contribution in [0.4, 0.5) is 4.39 Å². The van der Waals surface area contributed by atoms with Crippen LogP contribution >= 0.6 is 0 Å². The fourth-order valence-electron chi connectivity index (χ4n) is 3.39. The maximum atomic E-state index is 13.4. The molecule has 4 heteroatoms. The highest BCUT2D eigenvalue weighted by Gasteiger charge is 2.39. The number of aryl methyl sites for hydroxylation is 1. The van der Waals surface area contributed by atoms with Crippen molar-refractivity contribution < 1.29 is 13.9 Å². The Morgan fingerprint density at radius 1 is 1.30 bits per heavy atom. The van der Waals surface area contributed by atoms with Crippen molar-refractivity contribution in [1.82, 2.24) is 4.90 Å². The van der Waals surface area contributed by atoms with Gasteiger partial charge in [-0.2, -0.15) is 0 Å². The Morgan fingerprint density at radius 2 is 1.95 bits per heavy atom. The third kappa shape index (κ3) is 2.38. The predicted octanol–water partition coefficient (Wildman–Crippen LogP) is 2.43. The van der Waals surface area contributed by atoms with Crippen LogP contribution in [0.15, 0.2) is 18.2 Å². The molecule has 1 aromatic rings. The molecule has 2 heterocycles. The summed E-state index contributed by atoms with van der Waals surface area (Å²) >= 11 is 0. The minimum atomic E-state index is -0.338. The Labute approximate surface area is 118 Å². The molecule has 2 atom stereocenters. The van der Waals surface area contributed by atoms with Crippen LogP contribution in [-0.2, 0) is 4.74 Å². The van der Waals surface area contributed by atoms with Crippen molar-refractivity contribution in [2.24, 2.45) is 5.92 Å². The zero-order chi connectivity index (χ0) is 14.3. The van der Waals surface area contributed by atoms with Crippen LogP contribution in [-0.4, -0.2) is 43.0 Å². The average Bonchev–Trinajstić information content (AvgIpc) is 2.40. The molecule has 20 heavy (non-hydrogen) atoms. The Balaban J connectivity index is 1.83. The van der Waals surface area contributed by atoms with E-state index in [0.29, 0.717) is 30.9 Å². The van der Waals surface area contributed by atoms with Crippen molar-refractivity contribution in [2.75, 3.05) is 20.3 Å². The second kappa shape index (κ2) is 5.26. The standard InChI is InChI=1S/C16H20FNO2/c1-10-3-4-12(17)7-15(10)16(19)11-5-13-8-20-9-14(6-11)18(13)2/h3-4,7,11,13-14H,5-6,8-9H2,1-2H3. The first kappa shape index (κ1) is 13.7. The average molecular weight is 277 g/mol. The number of benzene rings is 1. The number of likely N-dealkylation sites (N-methyl/N-ethyl adjacent to an activating group) is 1. The molecule has 0 saturated carbocycles. The molecule has 3 rings (SSSR count). The fourth-order valence-corrected chi connectivity index (χ4v) is 3.39. The van der Waals surface area contributed by atoms with E-state index in [-0.39, 0.29) is 17.5 Å². The van der Waals surface area contributed by atoms with Crippen molar-refractivity contribution >= 4 is 5.78 Å². The number of fused-ring (bicyclic) bond motifs is 2. The molecular weight excluding hydrogens is 257 g/mol. The third-order valence-electron chi connectivity index (χ3n) is 4.72. The van der Waals surface area contributed by atoms with Gasteiger partial charge in [-0.25, -0.2) is 4.39 Å². The smallest absolute Gasteiger partial charge is 0.166 e. The zero-order valence-electron chi connectivity index (χ0n) is 11.9. The van der Waals surface area contributed by atoms with E-state index in [1.807, 2.05) is 6.92 Å². The summed E-state index contributed by atoms with van der Waals surface area (Å²) < 4.78 is 19.0. The van der Waals surface area contributed by atoms with Gasteiger partial charge >= 0.3 is 0 Å². The van der Waals surface area contributed by atoms with E-state index in [1.54, 1.807) is 6.07 Å². The van der Waals surface area contributed by atoms with Gasteiger partial charge in [0.1, 0.15) is 5.82 Å². The van der Waals surface area contributed by atoms with E-state index in [2.05, 4.69) is 11.9 Å². The second-order valence-electron chi connectivity index (χ2n) is 6.00. The molecule has 1 aromatic carbocycles. The topological polar surface area (TPSA) is 29.5 Å². The number of hydrogen-bond donors (Lipinski definition) is 0. The summed E-state index contributed by atoms with van der Waals surface area (Å²) in [5.74, 6) is -0.256. The summed E-state index contributed by atoms with van der Waals surface area (Å²) in [4.78, 5) is 15.0. The Hall–Kier alpha value is -1.26. The monoisotopic (exact) mass is 277 g/mol. The van der Waals surface area contributed by atoms with Gasteiger partial charge in [0, 0.05) is 23.6 Å². The molecule has 2 bridgehead atoms. The lowest BCUT2D eigenvalue weighted by atomic mass is 9.80. The first-order valence-corrected chi connectivity index (χ1v) is 7.16.